The number of ether oxygens (including phenoxy) is 1. The highest BCUT2D eigenvalue weighted by atomic mass is 16.5. The average molecular weight is 264 g/mol. The predicted octanol–water partition coefficient (Wildman–Crippen LogP) is 1.48. The Morgan fingerprint density at radius 1 is 1.32 bits per heavy atom. The predicted molar refractivity (Wildman–Crippen MR) is 76.7 cm³/mol. The van der Waals surface area contributed by atoms with E-state index in [4.69, 9.17) is 10.5 Å². The number of nitrogens with two attached hydrogens (primary N) is 1. The number of hydrogen-bond donors (Lipinski definition) is 2. The van der Waals surface area contributed by atoms with Crippen molar-refractivity contribution >= 4 is 5.91 Å². The molecule has 3 N–H and O–H groups in total. The summed E-state index contributed by atoms with van der Waals surface area (Å²) in [5, 5.41) is 2.85. The first kappa shape index (κ1) is 15.7. The molecular formula is C15H24N2O2. The second-order valence-corrected chi connectivity index (χ2v) is 4.97. The Balaban J connectivity index is 2.27. The van der Waals surface area contributed by atoms with Crippen LogP contribution in [0.2, 0.25) is 0 Å². The molecule has 0 aromatic heterocycles. The average Bonchev–Trinajstić information content (AvgIpc) is 2.38. The molecule has 0 unspecified atom stereocenters. The fourth-order valence-corrected chi connectivity index (χ4v) is 1.75. The summed E-state index contributed by atoms with van der Waals surface area (Å²) in [6.45, 7) is 6.50. The molecule has 0 atom stereocenters. The Bertz CT molecular complexity index is 391. The van der Waals surface area contributed by atoms with Crippen molar-refractivity contribution in [2.45, 2.75) is 26.8 Å². The SMILES string of the molecule is CC(C)COCCNC(=O)Cc1ccccc1CN. The van der Waals surface area contributed by atoms with E-state index in [0.717, 1.165) is 17.7 Å². The molecule has 1 aromatic carbocycles. The number of amides is 1. The van der Waals surface area contributed by atoms with Crippen LogP contribution in [0.15, 0.2) is 24.3 Å². The Morgan fingerprint density at radius 2 is 2.00 bits per heavy atom. The monoisotopic (exact) mass is 264 g/mol. The molecule has 0 heterocycles. The Hall–Kier alpha value is -1.39. The van der Waals surface area contributed by atoms with Crippen LogP contribution in [-0.4, -0.2) is 25.7 Å². The first-order valence-corrected chi connectivity index (χ1v) is 6.74. The highest BCUT2D eigenvalue weighted by molar-refractivity contribution is 5.78. The smallest absolute Gasteiger partial charge is 0.224 e. The van der Waals surface area contributed by atoms with Gasteiger partial charge in [-0.25, -0.2) is 0 Å². The molecule has 0 fully saturated rings. The van der Waals surface area contributed by atoms with Gasteiger partial charge in [0.15, 0.2) is 0 Å². The van der Waals surface area contributed by atoms with E-state index in [1.54, 1.807) is 0 Å². The standard InChI is InChI=1S/C15H24N2O2/c1-12(2)11-19-8-7-17-15(18)9-13-5-3-4-6-14(13)10-16/h3-6,12H,7-11,16H2,1-2H3,(H,17,18). The lowest BCUT2D eigenvalue weighted by Crippen LogP contribution is -2.29. The Morgan fingerprint density at radius 3 is 2.63 bits per heavy atom. The van der Waals surface area contributed by atoms with Crippen LogP contribution in [0.4, 0.5) is 0 Å². The van der Waals surface area contributed by atoms with Crippen LogP contribution in [0, 0.1) is 5.92 Å². The minimum Gasteiger partial charge on any atom is -0.379 e. The molecule has 4 heteroatoms. The molecule has 0 aliphatic carbocycles. The van der Waals surface area contributed by atoms with E-state index in [1.165, 1.54) is 0 Å². The summed E-state index contributed by atoms with van der Waals surface area (Å²) < 4.78 is 5.41. The molecule has 0 saturated heterocycles. The summed E-state index contributed by atoms with van der Waals surface area (Å²) in [4.78, 5) is 11.8. The molecule has 0 aliphatic heterocycles. The Labute approximate surface area is 115 Å². The van der Waals surface area contributed by atoms with Gasteiger partial charge in [0.1, 0.15) is 0 Å². The van der Waals surface area contributed by atoms with Gasteiger partial charge in [-0.2, -0.15) is 0 Å². The molecule has 19 heavy (non-hydrogen) atoms. The van der Waals surface area contributed by atoms with Crippen LogP contribution >= 0.6 is 0 Å². The summed E-state index contributed by atoms with van der Waals surface area (Å²) in [5.74, 6) is 0.529. The summed E-state index contributed by atoms with van der Waals surface area (Å²) in [6.07, 6.45) is 0.373. The van der Waals surface area contributed by atoms with Gasteiger partial charge in [0, 0.05) is 19.7 Å². The maximum Gasteiger partial charge on any atom is 0.224 e. The number of hydrogen-bond acceptors (Lipinski definition) is 3. The van der Waals surface area contributed by atoms with Gasteiger partial charge in [-0.3, -0.25) is 4.79 Å². The summed E-state index contributed by atoms with van der Waals surface area (Å²) in [5.41, 5.74) is 7.66. The number of rotatable bonds is 8. The molecule has 106 valence electrons. The van der Waals surface area contributed by atoms with Gasteiger partial charge in [-0.15, -0.1) is 0 Å². The first-order chi connectivity index (χ1) is 9.13. The van der Waals surface area contributed by atoms with Crippen LogP contribution in [0.1, 0.15) is 25.0 Å². The lowest BCUT2D eigenvalue weighted by Gasteiger charge is -2.09. The quantitative estimate of drug-likeness (QED) is 0.699. The van der Waals surface area contributed by atoms with Crippen molar-refractivity contribution < 1.29 is 9.53 Å². The molecular weight excluding hydrogens is 240 g/mol. The molecule has 1 aromatic rings. The van der Waals surface area contributed by atoms with Crippen molar-refractivity contribution in [1.82, 2.24) is 5.32 Å². The van der Waals surface area contributed by atoms with Gasteiger partial charge in [-0.1, -0.05) is 38.1 Å². The fourth-order valence-electron chi connectivity index (χ4n) is 1.75. The molecule has 0 saturated carbocycles. The van der Waals surface area contributed by atoms with E-state index >= 15 is 0 Å². The third-order valence-corrected chi connectivity index (χ3v) is 2.71. The Kier molecular flexibility index (Phi) is 7.15. The van der Waals surface area contributed by atoms with E-state index in [2.05, 4.69) is 19.2 Å². The van der Waals surface area contributed by atoms with Gasteiger partial charge in [0.2, 0.25) is 5.91 Å². The molecule has 0 bridgehead atoms. The lowest BCUT2D eigenvalue weighted by atomic mass is 10.0. The van der Waals surface area contributed by atoms with Gasteiger partial charge in [0.25, 0.3) is 0 Å². The van der Waals surface area contributed by atoms with Crippen LogP contribution in [0.5, 0.6) is 0 Å². The van der Waals surface area contributed by atoms with Crippen LogP contribution < -0.4 is 11.1 Å². The van der Waals surface area contributed by atoms with Crippen molar-refractivity contribution in [3.05, 3.63) is 35.4 Å². The zero-order chi connectivity index (χ0) is 14.1. The van der Waals surface area contributed by atoms with E-state index < -0.39 is 0 Å². The van der Waals surface area contributed by atoms with Gasteiger partial charge >= 0.3 is 0 Å². The second-order valence-electron chi connectivity index (χ2n) is 4.97. The van der Waals surface area contributed by atoms with Crippen molar-refractivity contribution in [3.63, 3.8) is 0 Å². The maximum atomic E-state index is 11.8. The largest absolute Gasteiger partial charge is 0.379 e. The molecule has 4 nitrogen and oxygen atoms in total. The highest BCUT2D eigenvalue weighted by Gasteiger charge is 2.06. The molecule has 1 rings (SSSR count). The number of nitrogens with one attached hydrogen (secondary N) is 1. The third kappa shape index (κ3) is 6.36. The summed E-state index contributed by atoms with van der Waals surface area (Å²) in [7, 11) is 0. The van der Waals surface area contributed by atoms with Crippen molar-refractivity contribution in [2.75, 3.05) is 19.8 Å². The minimum absolute atomic E-state index is 0.00838. The topological polar surface area (TPSA) is 64.3 Å². The van der Waals surface area contributed by atoms with E-state index in [9.17, 15) is 4.79 Å². The van der Waals surface area contributed by atoms with Crippen molar-refractivity contribution in [2.24, 2.45) is 11.7 Å². The normalized spacial score (nSPS) is 10.7. The molecule has 0 aliphatic rings. The van der Waals surface area contributed by atoms with Crippen LogP contribution in [-0.2, 0) is 22.5 Å². The maximum absolute atomic E-state index is 11.8. The number of benzene rings is 1. The van der Waals surface area contributed by atoms with Crippen molar-refractivity contribution in [1.29, 1.82) is 0 Å². The molecule has 1 amide bonds. The fraction of sp³-hybridized carbons (Fsp3) is 0.533. The van der Waals surface area contributed by atoms with E-state index in [0.29, 0.717) is 32.0 Å². The van der Waals surface area contributed by atoms with Gasteiger partial charge in [-0.05, 0) is 17.0 Å². The van der Waals surface area contributed by atoms with Crippen LogP contribution in [0.25, 0.3) is 0 Å². The highest BCUT2D eigenvalue weighted by Crippen LogP contribution is 2.08. The molecule has 0 radical (unpaired) electrons. The van der Waals surface area contributed by atoms with Crippen LogP contribution in [0.3, 0.4) is 0 Å². The zero-order valence-corrected chi connectivity index (χ0v) is 11.8. The molecule has 0 spiro atoms. The zero-order valence-electron chi connectivity index (χ0n) is 11.8. The number of carbonyl (C=O) groups is 1. The summed E-state index contributed by atoms with van der Waals surface area (Å²) in [6, 6.07) is 7.75. The lowest BCUT2D eigenvalue weighted by molar-refractivity contribution is -0.120. The number of carbonyl (C=O) groups excluding carboxylic acids is 1. The summed E-state index contributed by atoms with van der Waals surface area (Å²) >= 11 is 0. The van der Waals surface area contributed by atoms with E-state index in [1.807, 2.05) is 24.3 Å². The second kappa shape index (κ2) is 8.67. The first-order valence-electron chi connectivity index (χ1n) is 6.74. The minimum atomic E-state index is 0.00838. The third-order valence-electron chi connectivity index (χ3n) is 2.71. The van der Waals surface area contributed by atoms with Crippen molar-refractivity contribution in [3.8, 4) is 0 Å². The van der Waals surface area contributed by atoms with Gasteiger partial charge < -0.3 is 15.8 Å². The van der Waals surface area contributed by atoms with E-state index in [-0.39, 0.29) is 5.91 Å². The van der Waals surface area contributed by atoms with Gasteiger partial charge in [0.05, 0.1) is 13.0 Å².